The van der Waals surface area contributed by atoms with Crippen LogP contribution >= 0.6 is 23.2 Å². The van der Waals surface area contributed by atoms with Gasteiger partial charge in [0.1, 0.15) is 12.4 Å². The predicted octanol–water partition coefficient (Wildman–Crippen LogP) is 6.51. The number of aromatic nitrogens is 3. The minimum Gasteiger partial charge on any atom is -0.479 e. The van der Waals surface area contributed by atoms with Crippen LogP contribution in [0.15, 0.2) is 67.0 Å². The third-order valence-electron chi connectivity index (χ3n) is 5.30. The van der Waals surface area contributed by atoms with Gasteiger partial charge in [-0.1, -0.05) is 47.2 Å². The molecule has 0 aliphatic heterocycles. The molecule has 0 fully saturated rings. The molecule has 4 aromatic rings. The molecule has 6 nitrogen and oxygen atoms in total. The first-order chi connectivity index (χ1) is 17.6. The third kappa shape index (κ3) is 6.51. The van der Waals surface area contributed by atoms with E-state index in [9.17, 15) is 4.79 Å². The molecule has 0 saturated carbocycles. The second-order valence-electron chi connectivity index (χ2n) is 9.39. The molecule has 2 aromatic carbocycles. The molecule has 188 valence electrons. The SMILES string of the molecule is Cc1c(C(=O)NC(C)(C)C)nn(-c2ccc(C#CCOc3cccnc3)cc2Cl)c1-c1ccc(Cl)cc1. The molecule has 0 spiro atoms. The first kappa shape index (κ1) is 26.3. The van der Waals surface area contributed by atoms with Crippen molar-refractivity contribution in [3.63, 3.8) is 0 Å². The number of pyridine rings is 1. The number of amides is 1. The molecule has 0 unspecified atom stereocenters. The van der Waals surface area contributed by atoms with E-state index in [1.54, 1.807) is 41.3 Å². The lowest BCUT2D eigenvalue weighted by Gasteiger charge is -2.19. The Balaban J connectivity index is 1.68. The Bertz CT molecular complexity index is 1480. The van der Waals surface area contributed by atoms with Crippen molar-refractivity contribution in [1.82, 2.24) is 20.1 Å². The molecular formula is C29H26Cl2N4O2. The fourth-order valence-corrected chi connectivity index (χ4v) is 4.07. The van der Waals surface area contributed by atoms with E-state index in [1.807, 2.05) is 58.0 Å². The number of ether oxygens (including phenoxy) is 1. The fourth-order valence-electron chi connectivity index (χ4n) is 3.68. The molecule has 4 rings (SSSR count). The Labute approximate surface area is 226 Å². The lowest BCUT2D eigenvalue weighted by atomic mass is 10.0. The molecule has 1 N–H and O–H groups in total. The molecule has 0 saturated heterocycles. The maximum atomic E-state index is 13.1. The standard InChI is InChI=1S/C29H26Cl2N4O2/c1-19-26(28(36)33-29(2,3)4)34-35(27(19)21-10-12-22(30)13-11-21)25-14-9-20(17-24(25)31)7-6-16-37-23-8-5-15-32-18-23/h5,8-15,17-18H,16H2,1-4H3,(H,33,36). The molecule has 0 bridgehead atoms. The van der Waals surface area contributed by atoms with E-state index >= 15 is 0 Å². The molecular weight excluding hydrogens is 507 g/mol. The van der Waals surface area contributed by atoms with E-state index in [4.69, 9.17) is 27.9 Å². The fraction of sp³-hybridized carbons (Fsp3) is 0.207. The van der Waals surface area contributed by atoms with Crippen LogP contribution in [0.1, 0.15) is 42.4 Å². The van der Waals surface area contributed by atoms with Crippen molar-refractivity contribution in [2.24, 2.45) is 0 Å². The van der Waals surface area contributed by atoms with Gasteiger partial charge in [0, 0.05) is 33.4 Å². The van der Waals surface area contributed by atoms with Gasteiger partial charge in [-0.2, -0.15) is 5.10 Å². The van der Waals surface area contributed by atoms with Crippen LogP contribution in [0.3, 0.4) is 0 Å². The maximum Gasteiger partial charge on any atom is 0.272 e. The number of hydrogen-bond acceptors (Lipinski definition) is 4. The summed E-state index contributed by atoms with van der Waals surface area (Å²) in [4.78, 5) is 17.1. The highest BCUT2D eigenvalue weighted by molar-refractivity contribution is 6.32. The van der Waals surface area contributed by atoms with Gasteiger partial charge in [0.05, 0.1) is 22.6 Å². The van der Waals surface area contributed by atoms with E-state index in [2.05, 4.69) is 27.2 Å². The second-order valence-corrected chi connectivity index (χ2v) is 10.2. The smallest absolute Gasteiger partial charge is 0.272 e. The summed E-state index contributed by atoms with van der Waals surface area (Å²) in [5.41, 5.74) is 3.61. The molecule has 37 heavy (non-hydrogen) atoms. The van der Waals surface area contributed by atoms with Crippen molar-refractivity contribution in [3.8, 4) is 34.5 Å². The van der Waals surface area contributed by atoms with Gasteiger partial charge < -0.3 is 10.1 Å². The zero-order valence-electron chi connectivity index (χ0n) is 21.0. The number of halogens is 2. The van der Waals surface area contributed by atoms with Gasteiger partial charge in [-0.25, -0.2) is 4.68 Å². The van der Waals surface area contributed by atoms with Crippen LogP contribution in [-0.4, -0.2) is 32.8 Å². The van der Waals surface area contributed by atoms with Crippen molar-refractivity contribution in [3.05, 3.63) is 93.9 Å². The van der Waals surface area contributed by atoms with Crippen LogP contribution in [0.5, 0.6) is 5.75 Å². The summed E-state index contributed by atoms with van der Waals surface area (Å²) in [6.45, 7) is 7.87. The summed E-state index contributed by atoms with van der Waals surface area (Å²) >= 11 is 12.8. The largest absolute Gasteiger partial charge is 0.479 e. The van der Waals surface area contributed by atoms with E-state index in [-0.39, 0.29) is 12.5 Å². The van der Waals surface area contributed by atoms with Crippen molar-refractivity contribution >= 4 is 29.1 Å². The Kier molecular flexibility index (Phi) is 7.87. The van der Waals surface area contributed by atoms with Gasteiger partial charge in [0.2, 0.25) is 0 Å². The number of nitrogens with zero attached hydrogens (tertiary/aromatic N) is 3. The van der Waals surface area contributed by atoms with Crippen LogP contribution in [0.2, 0.25) is 10.0 Å². The number of rotatable bonds is 5. The minimum atomic E-state index is -0.410. The summed E-state index contributed by atoms with van der Waals surface area (Å²) in [5.74, 6) is 6.44. The molecule has 0 aliphatic carbocycles. The quantitative estimate of drug-likeness (QED) is 0.297. The van der Waals surface area contributed by atoms with Crippen LogP contribution < -0.4 is 10.1 Å². The first-order valence-corrected chi connectivity index (χ1v) is 12.4. The number of carbonyl (C=O) groups is 1. The average Bonchev–Trinajstić information content (AvgIpc) is 3.19. The second kappa shape index (κ2) is 11.1. The summed E-state index contributed by atoms with van der Waals surface area (Å²) in [7, 11) is 0. The molecule has 0 atom stereocenters. The van der Waals surface area contributed by atoms with Crippen molar-refractivity contribution in [2.45, 2.75) is 33.2 Å². The highest BCUT2D eigenvalue weighted by Gasteiger charge is 2.25. The Hall–Kier alpha value is -3.79. The minimum absolute atomic E-state index is 0.219. The Morgan fingerprint density at radius 2 is 1.86 bits per heavy atom. The highest BCUT2D eigenvalue weighted by atomic mass is 35.5. The summed E-state index contributed by atoms with van der Waals surface area (Å²) in [6.07, 6.45) is 3.31. The zero-order chi connectivity index (χ0) is 26.6. The molecule has 2 aromatic heterocycles. The number of benzene rings is 2. The van der Waals surface area contributed by atoms with Gasteiger partial charge in [-0.3, -0.25) is 9.78 Å². The van der Waals surface area contributed by atoms with Crippen molar-refractivity contribution < 1.29 is 9.53 Å². The summed E-state index contributed by atoms with van der Waals surface area (Å²) in [6, 6.07) is 16.5. The monoisotopic (exact) mass is 532 g/mol. The van der Waals surface area contributed by atoms with Gasteiger partial charge in [-0.15, -0.1) is 0 Å². The average molecular weight is 533 g/mol. The Morgan fingerprint density at radius 1 is 1.11 bits per heavy atom. The van der Waals surface area contributed by atoms with E-state index in [0.717, 1.165) is 22.4 Å². The molecule has 1 amide bonds. The molecule has 0 aliphatic rings. The number of nitrogens with one attached hydrogen (secondary N) is 1. The predicted molar refractivity (Wildman–Crippen MR) is 148 cm³/mol. The van der Waals surface area contributed by atoms with E-state index in [1.165, 1.54) is 0 Å². The maximum absolute atomic E-state index is 13.1. The summed E-state index contributed by atoms with van der Waals surface area (Å²) < 4.78 is 7.26. The third-order valence-corrected chi connectivity index (χ3v) is 5.85. The van der Waals surface area contributed by atoms with Crippen molar-refractivity contribution in [2.75, 3.05) is 6.61 Å². The summed E-state index contributed by atoms with van der Waals surface area (Å²) in [5, 5.41) is 8.74. The topological polar surface area (TPSA) is 69.0 Å². The van der Waals surface area contributed by atoms with Crippen LogP contribution in [-0.2, 0) is 0 Å². The van der Waals surface area contributed by atoms with Crippen LogP contribution in [0, 0.1) is 18.8 Å². The lowest BCUT2D eigenvalue weighted by Crippen LogP contribution is -2.41. The van der Waals surface area contributed by atoms with Crippen LogP contribution in [0.4, 0.5) is 0 Å². The molecule has 0 radical (unpaired) electrons. The first-order valence-electron chi connectivity index (χ1n) is 11.6. The van der Waals surface area contributed by atoms with E-state index < -0.39 is 5.54 Å². The number of hydrogen-bond donors (Lipinski definition) is 1. The van der Waals surface area contributed by atoms with E-state index in [0.29, 0.717) is 27.2 Å². The van der Waals surface area contributed by atoms with Gasteiger partial charge in [0.25, 0.3) is 5.91 Å². The van der Waals surface area contributed by atoms with Crippen molar-refractivity contribution in [1.29, 1.82) is 0 Å². The Morgan fingerprint density at radius 3 is 2.51 bits per heavy atom. The number of carbonyl (C=O) groups excluding carboxylic acids is 1. The molecule has 8 heteroatoms. The van der Waals surface area contributed by atoms with Crippen LogP contribution in [0.25, 0.3) is 16.9 Å². The normalized spacial score (nSPS) is 11.0. The lowest BCUT2D eigenvalue weighted by molar-refractivity contribution is 0.0913. The van der Waals surface area contributed by atoms with Gasteiger partial charge in [-0.05, 0) is 70.2 Å². The van der Waals surface area contributed by atoms with Gasteiger partial charge >= 0.3 is 0 Å². The van der Waals surface area contributed by atoms with Gasteiger partial charge in [0.15, 0.2) is 5.69 Å². The molecule has 2 heterocycles. The highest BCUT2D eigenvalue weighted by Crippen LogP contribution is 2.32. The zero-order valence-corrected chi connectivity index (χ0v) is 22.5.